The third-order valence-electron chi connectivity index (χ3n) is 2.97. The Hall–Kier alpha value is -1.35. The van der Waals surface area contributed by atoms with E-state index in [0.29, 0.717) is 6.54 Å². The van der Waals surface area contributed by atoms with Crippen LogP contribution in [0.3, 0.4) is 0 Å². The van der Waals surface area contributed by atoms with Crippen LogP contribution in [0, 0.1) is 19.7 Å². The molecule has 0 atom stereocenters. The fraction of sp³-hybridized carbons (Fsp3) is 0.200. The van der Waals surface area contributed by atoms with Crippen molar-refractivity contribution >= 4 is 21.6 Å². The number of rotatable bonds is 3. The van der Waals surface area contributed by atoms with E-state index >= 15 is 0 Å². The molecule has 1 N–H and O–H groups in total. The highest BCUT2D eigenvalue weighted by atomic mass is 79.9. The lowest BCUT2D eigenvalue weighted by molar-refractivity contribution is 0.625. The molecule has 3 heteroatoms. The fourth-order valence-corrected chi connectivity index (χ4v) is 2.24. The highest BCUT2D eigenvalue weighted by molar-refractivity contribution is 9.10. The van der Waals surface area contributed by atoms with Crippen molar-refractivity contribution in [3.63, 3.8) is 0 Å². The summed E-state index contributed by atoms with van der Waals surface area (Å²) in [6.45, 7) is 4.66. The van der Waals surface area contributed by atoms with Crippen LogP contribution in [0.4, 0.5) is 10.1 Å². The molecule has 0 spiro atoms. The number of aryl methyl sites for hydroxylation is 2. The quantitative estimate of drug-likeness (QED) is 0.857. The van der Waals surface area contributed by atoms with Gasteiger partial charge in [-0.25, -0.2) is 4.39 Å². The molecule has 0 aromatic heterocycles. The first-order valence-corrected chi connectivity index (χ1v) is 6.61. The lowest BCUT2D eigenvalue weighted by Gasteiger charge is -2.12. The Bertz CT molecular complexity index is 566. The highest BCUT2D eigenvalue weighted by Crippen LogP contribution is 2.26. The van der Waals surface area contributed by atoms with Gasteiger partial charge >= 0.3 is 0 Å². The van der Waals surface area contributed by atoms with Crippen LogP contribution >= 0.6 is 15.9 Å². The van der Waals surface area contributed by atoms with Gasteiger partial charge in [-0.2, -0.15) is 0 Å². The molecule has 2 aromatic rings. The van der Waals surface area contributed by atoms with Crippen molar-refractivity contribution in [2.24, 2.45) is 0 Å². The van der Waals surface area contributed by atoms with E-state index in [1.54, 1.807) is 6.07 Å². The second-order valence-electron chi connectivity index (χ2n) is 4.36. The zero-order valence-corrected chi connectivity index (χ0v) is 12.0. The van der Waals surface area contributed by atoms with Crippen LogP contribution in [0.25, 0.3) is 0 Å². The van der Waals surface area contributed by atoms with Crippen LogP contribution < -0.4 is 5.32 Å². The van der Waals surface area contributed by atoms with E-state index < -0.39 is 0 Å². The molecule has 0 saturated heterocycles. The third kappa shape index (κ3) is 2.91. The molecule has 18 heavy (non-hydrogen) atoms. The maximum atomic E-state index is 13.0. The Balaban J connectivity index is 2.14. The van der Waals surface area contributed by atoms with Crippen molar-refractivity contribution < 1.29 is 4.39 Å². The van der Waals surface area contributed by atoms with Crippen LogP contribution in [0.15, 0.2) is 40.9 Å². The van der Waals surface area contributed by atoms with E-state index in [4.69, 9.17) is 0 Å². The summed E-state index contributed by atoms with van der Waals surface area (Å²) >= 11 is 3.56. The van der Waals surface area contributed by atoms with Crippen LogP contribution in [0.5, 0.6) is 0 Å². The molecule has 0 fully saturated rings. The Labute approximate surface area is 115 Å². The Kier molecular flexibility index (Phi) is 4.02. The average molecular weight is 308 g/mol. The van der Waals surface area contributed by atoms with Crippen molar-refractivity contribution in [1.29, 1.82) is 0 Å². The van der Waals surface area contributed by atoms with E-state index in [1.807, 2.05) is 25.1 Å². The number of halogens is 2. The minimum Gasteiger partial charge on any atom is -0.380 e. The summed E-state index contributed by atoms with van der Waals surface area (Å²) in [6.07, 6.45) is 0. The fourth-order valence-electron chi connectivity index (χ4n) is 1.83. The summed E-state index contributed by atoms with van der Waals surface area (Å²) in [5.74, 6) is -0.187. The Morgan fingerprint density at radius 1 is 1.11 bits per heavy atom. The molecular weight excluding hydrogens is 293 g/mol. The van der Waals surface area contributed by atoms with Crippen molar-refractivity contribution in [3.8, 4) is 0 Å². The summed E-state index contributed by atoms with van der Waals surface area (Å²) in [7, 11) is 0. The van der Waals surface area contributed by atoms with Gasteiger partial charge in [0.15, 0.2) is 0 Å². The zero-order valence-electron chi connectivity index (χ0n) is 10.4. The van der Waals surface area contributed by atoms with Crippen molar-refractivity contribution in [3.05, 3.63) is 63.4 Å². The van der Waals surface area contributed by atoms with E-state index in [1.165, 1.54) is 11.6 Å². The number of hydrogen-bond acceptors (Lipinski definition) is 1. The Morgan fingerprint density at radius 3 is 2.61 bits per heavy atom. The normalized spacial score (nSPS) is 10.4. The Morgan fingerprint density at radius 2 is 1.89 bits per heavy atom. The maximum absolute atomic E-state index is 13.0. The van der Waals surface area contributed by atoms with Gasteiger partial charge in [0.25, 0.3) is 0 Å². The van der Waals surface area contributed by atoms with Gasteiger partial charge in [0.2, 0.25) is 0 Å². The lowest BCUT2D eigenvalue weighted by Crippen LogP contribution is -2.02. The molecule has 0 aliphatic carbocycles. The SMILES string of the molecule is Cc1cc(F)ccc1CNc1cccc(C)c1Br. The minimum atomic E-state index is -0.187. The molecule has 0 amide bonds. The maximum Gasteiger partial charge on any atom is 0.123 e. The minimum absolute atomic E-state index is 0.187. The van der Waals surface area contributed by atoms with Crippen LogP contribution in [0.1, 0.15) is 16.7 Å². The molecule has 2 rings (SSSR count). The zero-order chi connectivity index (χ0) is 13.1. The smallest absolute Gasteiger partial charge is 0.123 e. The molecular formula is C15H15BrFN. The summed E-state index contributed by atoms with van der Waals surface area (Å²) < 4.78 is 14.1. The summed E-state index contributed by atoms with van der Waals surface area (Å²) in [5, 5.41) is 3.36. The molecule has 0 heterocycles. The largest absolute Gasteiger partial charge is 0.380 e. The van der Waals surface area contributed by atoms with Gasteiger partial charge in [-0.3, -0.25) is 0 Å². The predicted molar refractivity (Wildman–Crippen MR) is 77.3 cm³/mol. The second-order valence-corrected chi connectivity index (χ2v) is 5.15. The van der Waals surface area contributed by atoms with Crippen molar-refractivity contribution in [2.45, 2.75) is 20.4 Å². The number of anilines is 1. The van der Waals surface area contributed by atoms with Gasteiger partial charge in [-0.1, -0.05) is 18.2 Å². The molecule has 0 saturated carbocycles. The molecule has 0 aliphatic rings. The van der Waals surface area contributed by atoms with Gasteiger partial charge in [-0.15, -0.1) is 0 Å². The van der Waals surface area contributed by atoms with Gasteiger partial charge in [0.1, 0.15) is 5.82 Å². The van der Waals surface area contributed by atoms with Crippen LogP contribution in [-0.4, -0.2) is 0 Å². The molecule has 0 unspecified atom stereocenters. The molecule has 0 aliphatic heterocycles. The van der Waals surface area contributed by atoms with Crippen molar-refractivity contribution in [1.82, 2.24) is 0 Å². The predicted octanol–water partition coefficient (Wildman–Crippen LogP) is 4.82. The van der Waals surface area contributed by atoms with Gasteiger partial charge in [-0.05, 0) is 64.7 Å². The monoisotopic (exact) mass is 307 g/mol. The van der Waals surface area contributed by atoms with E-state index in [-0.39, 0.29) is 5.82 Å². The van der Waals surface area contributed by atoms with E-state index in [0.717, 1.165) is 21.3 Å². The molecule has 2 aromatic carbocycles. The van der Waals surface area contributed by atoms with Gasteiger partial charge < -0.3 is 5.32 Å². The van der Waals surface area contributed by atoms with Crippen LogP contribution in [0.2, 0.25) is 0 Å². The van der Waals surface area contributed by atoms with Crippen LogP contribution in [-0.2, 0) is 6.54 Å². The first kappa shape index (κ1) is 13.1. The number of hydrogen-bond donors (Lipinski definition) is 1. The molecule has 94 valence electrons. The number of benzene rings is 2. The summed E-state index contributed by atoms with van der Waals surface area (Å²) in [6, 6.07) is 11.0. The molecule has 0 bridgehead atoms. The lowest BCUT2D eigenvalue weighted by atomic mass is 10.1. The summed E-state index contributed by atoms with van der Waals surface area (Å²) in [4.78, 5) is 0. The second kappa shape index (κ2) is 5.53. The third-order valence-corrected chi connectivity index (χ3v) is 4.02. The molecule has 0 radical (unpaired) electrons. The van der Waals surface area contributed by atoms with Gasteiger partial charge in [0.05, 0.1) is 0 Å². The highest BCUT2D eigenvalue weighted by Gasteiger charge is 2.03. The average Bonchev–Trinajstić information content (AvgIpc) is 2.33. The topological polar surface area (TPSA) is 12.0 Å². The van der Waals surface area contributed by atoms with Crippen molar-refractivity contribution in [2.75, 3.05) is 5.32 Å². The standard InChI is InChI=1S/C15H15BrFN/c1-10-4-3-5-14(15(10)16)18-9-12-6-7-13(17)8-11(12)2/h3-8,18H,9H2,1-2H3. The molecule has 1 nitrogen and oxygen atoms in total. The van der Waals surface area contributed by atoms with E-state index in [2.05, 4.69) is 34.2 Å². The van der Waals surface area contributed by atoms with E-state index in [9.17, 15) is 4.39 Å². The summed E-state index contributed by atoms with van der Waals surface area (Å²) in [5.41, 5.74) is 4.31. The first-order chi connectivity index (χ1) is 8.58. The first-order valence-electron chi connectivity index (χ1n) is 5.82. The number of nitrogens with one attached hydrogen (secondary N) is 1. The van der Waals surface area contributed by atoms with Gasteiger partial charge in [0, 0.05) is 16.7 Å².